The number of allylic oxidation sites excluding steroid dienone is 2. The fraction of sp³-hybridized carbons (Fsp3) is 0.920. The fourth-order valence-corrected chi connectivity index (χ4v) is 10.3. The fourth-order valence-electron chi connectivity index (χ4n) is 8.22. The topological polar surface area (TPSA) is 31.0 Å². The Hall–Kier alpha value is -0.106. The first kappa shape index (κ1) is 21.7. The van der Waals surface area contributed by atoms with E-state index in [0.717, 1.165) is 24.7 Å². The lowest BCUT2D eigenvalue weighted by Crippen LogP contribution is -2.58. The van der Waals surface area contributed by atoms with Crippen molar-refractivity contribution >= 4 is 16.6 Å². The third kappa shape index (κ3) is 3.33. The normalized spacial score (nSPS) is 50.0. The highest BCUT2D eigenvalue weighted by atomic mass is 28.4. The summed E-state index contributed by atoms with van der Waals surface area (Å²) in [5.41, 5.74) is 0.849. The Kier molecular flexibility index (Phi) is 4.69. The largest absolute Gasteiger partial charge is 0.548 e. The summed E-state index contributed by atoms with van der Waals surface area (Å²) in [5.74, 6) is 3.56. The molecular formula is C25H44O3Si2. The molecule has 0 amide bonds. The van der Waals surface area contributed by atoms with Gasteiger partial charge in [0.05, 0.1) is 11.9 Å². The predicted molar refractivity (Wildman–Crippen MR) is 127 cm³/mol. The number of fused-ring (bicyclic) bond motifs is 4. The van der Waals surface area contributed by atoms with E-state index in [1.54, 1.807) is 0 Å². The van der Waals surface area contributed by atoms with E-state index in [9.17, 15) is 0 Å². The molecule has 3 nitrogen and oxygen atoms in total. The maximum absolute atomic E-state index is 6.69. The lowest BCUT2D eigenvalue weighted by Gasteiger charge is -2.58. The zero-order valence-corrected chi connectivity index (χ0v) is 22.6. The van der Waals surface area contributed by atoms with E-state index in [2.05, 4.69) is 59.2 Å². The molecule has 5 rings (SSSR count). The number of ether oxygens (including phenoxy) is 1. The van der Waals surface area contributed by atoms with Gasteiger partial charge in [0.2, 0.25) is 8.32 Å². The maximum Gasteiger partial charge on any atom is 0.241 e. The minimum atomic E-state index is -1.54. The Balaban J connectivity index is 1.39. The number of rotatable bonds is 4. The van der Waals surface area contributed by atoms with E-state index in [-0.39, 0.29) is 5.60 Å². The van der Waals surface area contributed by atoms with Gasteiger partial charge in [-0.05, 0) is 101 Å². The van der Waals surface area contributed by atoms with E-state index in [4.69, 9.17) is 13.6 Å². The third-order valence-electron chi connectivity index (χ3n) is 9.31. The first-order chi connectivity index (χ1) is 13.7. The van der Waals surface area contributed by atoms with Crippen LogP contribution in [0, 0.1) is 28.6 Å². The van der Waals surface area contributed by atoms with Crippen molar-refractivity contribution in [3.05, 3.63) is 11.8 Å². The summed E-state index contributed by atoms with van der Waals surface area (Å²) in [6.45, 7) is 19.1. The molecule has 3 saturated carbocycles. The van der Waals surface area contributed by atoms with Crippen molar-refractivity contribution in [3.8, 4) is 0 Å². The number of epoxide rings is 1. The van der Waals surface area contributed by atoms with Crippen LogP contribution >= 0.6 is 0 Å². The SMILES string of the molecule is CC12CCC3C(CC4OC45C[C@@H](O[Si](C)(C)C)CCC35C)C1C=C(O[Si](C)(C)C)C2. The smallest absolute Gasteiger partial charge is 0.241 e. The summed E-state index contributed by atoms with van der Waals surface area (Å²) in [6, 6.07) is 0. The van der Waals surface area contributed by atoms with Gasteiger partial charge in [0, 0.05) is 24.4 Å². The molecule has 5 aliphatic rings. The van der Waals surface area contributed by atoms with Gasteiger partial charge < -0.3 is 13.6 Å². The van der Waals surface area contributed by atoms with E-state index in [1.165, 1.54) is 37.9 Å². The van der Waals surface area contributed by atoms with Gasteiger partial charge in [-0.1, -0.05) is 13.8 Å². The lowest BCUT2D eigenvalue weighted by atomic mass is 9.45. The van der Waals surface area contributed by atoms with Crippen LogP contribution in [0.5, 0.6) is 0 Å². The van der Waals surface area contributed by atoms with Gasteiger partial charge in [-0.3, -0.25) is 0 Å². The van der Waals surface area contributed by atoms with Crippen LogP contribution in [0.2, 0.25) is 39.3 Å². The monoisotopic (exact) mass is 448 g/mol. The molecule has 4 aliphatic carbocycles. The van der Waals surface area contributed by atoms with Crippen molar-refractivity contribution < 1.29 is 13.6 Å². The number of hydrogen-bond acceptors (Lipinski definition) is 3. The molecular weight excluding hydrogens is 404 g/mol. The first-order valence-corrected chi connectivity index (χ1v) is 19.3. The molecule has 0 N–H and O–H groups in total. The highest BCUT2D eigenvalue weighted by Crippen LogP contribution is 2.73. The van der Waals surface area contributed by atoms with E-state index in [1.807, 2.05) is 0 Å². The zero-order valence-electron chi connectivity index (χ0n) is 20.6. The van der Waals surface area contributed by atoms with Crippen LogP contribution < -0.4 is 0 Å². The van der Waals surface area contributed by atoms with Crippen molar-refractivity contribution in [3.63, 3.8) is 0 Å². The van der Waals surface area contributed by atoms with Crippen LogP contribution in [-0.2, 0) is 13.6 Å². The molecule has 0 radical (unpaired) electrons. The Labute approximate surface area is 186 Å². The summed E-state index contributed by atoms with van der Waals surface area (Å²) in [7, 11) is -3.05. The molecule has 1 saturated heterocycles. The molecule has 4 fully saturated rings. The Bertz CT molecular complexity index is 752. The summed E-state index contributed by atoms with van der Waals surface area (Å²) in [5, 5.41) is 0. The van der Waals surface area contributed by atoms with Gasteiger partial charge >= 0.3 is 0 Å². The van der Waals surface area contributed by atoms with Crippen LogP contribution in [0.1, 0.15) is 58.8 Å². The van der Waals surface area contributed by atoms with Gasteiger partial charge in [-0.15, -0.1) is 0 Å². The molecule has 30 heavy (non-hydrogen) atoms. The van der Waals surface area contributed by atoms with Gasteiger partial charge in [0.25, 0.3) is 0 Å². The van der Waals surface area contributed by atoms with Crippen molar-refractivity contribution in [1.29, 1.82) is 0 Å². The van der Waals surface area contributed by atoms with E-state index < -0.39 is 16.6 Å². The molecule has 1 spiro atoms. The molecule has 5 heteroatoms. The summed E-state index contributed by atoms with van der Waals surface area (Å²) in [6.07, 6.45) is 12.3. The van der Waals surface area contributed by atoms with E-state index >= 15 is 0 Å². The van der Waals surface area contributed by atoms with Crippen LogP contribution in [0.4, 0.5) is 0 Å². The van der Waals surface area contributed by atoms with Gasteiger partial charge in [-0.25, -0.2) is 0 Å². The summed E-state index contributed by atoms with van der Waals surface area (Å²) in [4.78, 5) is 0. The second kappa shape index (κ2) is 6.48. The summed E-state index contributed by atoms with van der Waals surface area (Å²) < 4.78 is 19.8. The molecule has 8 atom stereocenters. The zero-order chi connectivity index (χ0) is 21.7. The highest BCUT2D eigenvalue weighted by molar-refractivity contribution is 6.70. The first-order valence-electron chi connectivity index (χ1n) is 12.5. The summed E-state index contributed by atoms with van der Waals surface area (Å²) >= 11 is 0. The quantitative estimate of drug-likeness (QED) is 0.353. The second-order valence-electron chi connectivity index (χ2n) is 13.8. The van der Waals surface area contributed by atoms with Crippen molar-refractivity contribution in [2.45, 2.75) is 116 Å². The molecule has 0 aromatic rings. The molecule has 0 bridgehead atoms. The van der Waals surface area contributed by atoms with Crippen LogP contribution in [0.3, 0.4) is 0 Å². The van der Waals surface area contributed by atoms with Crippen molar-refractivity contribution in [2.24, 2.45) is 28.6 Å². The average Bonchev–Trinajstić information content (AvgIpc) is 3.16. The van der Waals surface area contributed by atoms with Crippen LogP contribution in [0.25, 0.3) is 0 Å². The average molecular weight is 449 g/mol. The predicted octanol–water partition coefficient (Wildman–Crippen LogP) is 6.73. The minimum absolute atomic E-state index is 0.116. The van der Waals surface area contributed by atoms with Gasteiger partial charge in [0.15, 0.2) is 8.32 Å². The van der Waals surface area contributed by atoms with E-state index in [0.29, 0.717) is 29.0 Å². The van der Waals surface area contributed by atoms with Crippen LogP contribution in [0.15, 0.2) is 11.8 Å². The van der Waals surface area contributed by atoms with Crippen molar-refractivity contribution in [1.82, 2.24) is 0 Å². The molecule has 7 unspecified atom stereocenters. The highest BCUT2D eigenvalue weighted by Gasteiger charge is 2.75. The molecule has 1 aliphatic heterocycles. The Morgan fingerprint density at radius 2 is 1.73 bits per heavy atom. The van der Waals surface area contributed by atoms with Crippen molar-refractivity contribution in [2.75, 3.05) is 0 Å². The van der Waals surface area contributed by atoms with Gasteiger partial charge in [-0.2, -0.15) is 0 Å². The molecule has 0 aromatic carbocycles. The molecule has 1 heterocycles. The Morgan fingerprint density at radius 1 is 1.00 bits per heavy atom. The minimum Gasteiger partial charge on any atom is -0.548 e. The molecule has 170 valence electrons. The third-order valence-corrected chi connectivity index (χ3v) is 11.2. The molecule has 0 aromatic heterocycles. The lowest BCUT2D eigenvalue weighted by molar-refractivity contribution is -0.0998. The standard InChI is InChI=1S/C25H44O3Si2/c1-23-11-10-20-19(21(23)13-18(15-23)28-30(6,7)8)14-22-25(26-22)16-17(27-29(3,4)5)9-12-24(20,25)2/h13,17,19-22H,9-12,14-16H2,1-8H3/t17-,19?,20?,21?,22?,23?,24?,25?/m0/s1. The Morgan fingerprint density at radius 3 is 2.40 bits per heavy atom. The van der Waals surface area contributed by atoms with Crippen LogP contribution in [-0.4, -0.2) is 34.4 Å². The second-order valence-corrected chi connectivity index (χ2v) is 22.6. The maximum atomic E-state index is 6.69. The number of hydrogen-bond donors (Lipinski definition) is 0. The van der Waals surface area contributed by atoms with Gasteiger partial charge in [0.1, 0.15) is 5.60 Å².